The van der Waals surface area contributed by atoms with Crippen molar-refractivity contribution in [1.82, 2.24) is 24.1 Å². The Morgan fingerprint density at radius 2 is 1.82 bits per heavy atom. The van der Waals surface area contributed by atoms with Crippen LogP contribution in [0.5, 0.6) is 0 Å². The normalized spacial score (nSPS) is 12.4. The number of pyridine rings is 1. The van der Waals surface area contributed by atoms with Crippen molar-refractivity contribution < 1.29 is 9.18 Å². The number of nitrogens with two attached hydrogens (primary N) is 1. The van der Waals surface area contributed by atoms with Crippen molar-refractivity contribution in [3.63, 3.8) is 0 Å². The molecule has 5 rings (SSSR count). The van der Waals surface area contributed by atoms with Crippen LogP contribution in [0.15, 0.2) is 67.0 Å². The predicted molar refractivity (Wildman–Crippen MR) is 126 cm³/mol. The number of hydrogen-bond donors (Lipinski definition) is 1. The average Bonchev–Trinajstić information content (AvgIpc) is 3.36. The minimum absolute atomic E-state index is 0.102. The van der Waals surface area contributed by atoms with Gasteiger partial charge in [-0.25, -0.2) is 8.91 Å². The van der Waals surface area contributed by atoms with Crippen LogP contribution in [0.25, 0.3) is 27.7 Å². The fraction of sp³-hybridized carbons (Fsp3) is 0.160. The summed E-state index contributed by atoms with van der Waals surface area (Å²) in [5.41, 5.74) is 10.7. The van der Waals surface area contributed by atoms with Crippen LogP contribution in [0.3, 0.4) is 0 Å². The highest BCUT2D eigenvalue weighted by Gasteiger charge is 2.23. The Morgan fingerprint density at radius 1 is 1.09 bits per heavy atom. The maximum atomic E-state index is 13.5. The van der Waals surface area contributed by atoms with E-state index < -0.39 is 0 Å². The molecule has 166 valence electrons. The third-order valence-electron chi connectivity index (χ3n) is 6.16. The topological polar surface area (TPSA) is 81.5 Å². The summed E-state index contributed by atoms with van der Waals surface area (Å²) in [5, 5.41) is 4.97. The molecular formula is C25H23FN6O. The standard InChI is InChI=1S/C25H23FN6O/c1-15(16-4-7-19(26)8-5-16)31(3)24(33)21-14-30(2)22-9-6-17(12-20(21)22)18-10-11-32-23(13-18)28-25(27)29-32/h4-15H,1-3H3,(H2,27,29)/t15-/m0/s1. The molecule has 0 saturated carbocycles. The van der Waals surface area contributed by atoms with Gasteiger partial charge in [-0.15, -0.1) is 5.10 Å². The van der Waals surface area contributed by atoms with E-state index in [0.717, 1.165) is 27.6 Å². The van der Waals surface area contributed by atoms with E-state index in [9.17, 15) is 9.18 Å². The molecule has 1 atom stereocenters. The van der Waals surface area contributed by atoms with E-state index in [0.29, 0.717) is 11.2 Å². The Balaban J connectivity index is 1.53. The molecule has 1 amide bonds. The summed E-state index contributed by atoms with van der Waals surface area (Å²) in [6.07, 6.45) is 3.67. The first-order chi connectivity index (χ1) is 15.8. The number of anilines is 1. The summed E-state index contributed by atoms with van der Waals surface area (Å²) < 4.78 is 16.9. The van der Waals surface area contributed by atoms with Crippen LogP contribution in [-0.2, 0) is 7.05 Å². The van der Waals surface area contributed by atoms with Crippen LogP contribution in [-0.4, -0.2) is 37.0 Å². The smallest absolute Gasteiger partial charge is 0.256 e. The van der Waals surface area contributed by atoms with E-state index in [-0.39, 0.29) is 23.7 Å². The van der Waals surface area contributed by atoms with Crippen molar-refractivity contribution in [2.75, 3.05) is 12.8 Å². The first-order valence-corrected chi connectivity index (χ1v) is 10.6. The molecule has 3 aromatic heterocycles. The highest BCUT2D eigenvalue weighted by Crippen LogP contribution is 2.30. The predicted octanol–water partition coefficient (Wildman–Crippen LogP) is 4.44. The zero-order chi connectivity index (χ0) is 23.3. The second-order valence-corrected chi connectivity index (χ2v) is 8.22. The summed E-state index contributed by atoms with van der Waals surface area (Å²) in [6, 6.07) is 15.9. The number of aryl methyl sites for hydroxylation is 1. The van der Waals surface area contributed by atoms with Gasteiger partial charge in [0, 0.05) is 37.4 Å². The zero-order valence-corrected chi connectivity index (χ0v) is 18.5. The number of carbonyl (C=O) groups is 1. The lowest BCUT2D eigenvalue weighted by atomic mass is 10.0. The maximum Gasteiger partial charge on any atom is 0.256 e. The quantitative estimate of drug-likeness (QED) is 0.446. The van der Waals surface area contributed by atoms with Crippen LogP contribution in [0.1, 0.15) is 28.9 Å². The van der Waals surface area contributed by atoms with Gasteiger partial charge in [-0.2, -0.15) is 4.98 Å². The number of carbonyl (C=O) groups excluding carboxylic acids is 1. The van der Waals surface area contributed by atoms with Gasteiger partial charge in [-0.3, -0.25) is 4.79 Å². The van der Waals surface area contributed by atoms with Crippen LogP contribution in [0, 0.1) is 5.82 Å². The molecule has 0 saturated heterocycles. The SMILES string of the molecule is C[C@@H](c1ccc(F)cc1)N(C)C(=O)c1cn(C)c2ccc(-c3ccn4nc(N)nc4c3)cc12. The minimum atomic E-state index is -0.298. The number of hydrogen-bond acceptors (Lipinski definition) is 4. The zero-order valence-electron chi connectivity index (χ0n) is 18.5. The van der Waals surface area contributed by atoms with Gasteiger partial charge in [0.2, 0.25) is 5.95 Å². The van der Waals surface area contributed by atoms with E-state index in [2.05, 4.69) is 10.1 Å². The molecule has 0 unspecified atom stereocenters. The van der Waals surface area contributed by atoms with Gasteiger partial charge in [0.1, 0.15) is 5.82 Å². The summed E-state index contributed by atoms with van der Waals surface area (Å²) in [4.78, 5) is 19.4. The van der Waals surface area contributed by atoms with Crippen molar-refractivity contribution in [3.8, 4) is 11.1 Å². The van der Waals surface area contributed by atoms with Crippen molar-refractivity contribution in [2.45, 2.75) is 13.0 Å². The Hall–Kier alpha value is -4.20. The Bertz CT molecular complexity index is 1500. The number of benzene rings is 2. The second kappa shape index (κ2) is 7.74. The number of nitrogen functional groups attached to an aromatic ring is 1. The summed E-state index contributed by atoms with van der Waals surface area (Å²) in [7, 11) is 3.69. The summed E-state index contributed by atoms with van der Waals surface area (Å²) in [6.45, 7) is 1.93. The molecule has 2 N–H and O–H groups in total. The highest BCUT2D eigenvalue weighted by atomic mass is 19.1. The minimum Gasteiger partial charge on any atom is -0.366 e. The monoisotopic (exact) mass is 442 g/mol. The van der Waals surface area contributed by atoms with Crippen LogP contribution in [0.2, 0.25) is 0 Å². The number of halogens is 1. The van der Waals surface area contributed by atoms with Gasteiger partial charge < -0.3 is 15.2 Å². The lowest BCUT2D eigenvalue weighted by Crippen LogP contribution is -2.29. The molecule has 0 aliphatic carbocycles. The van der Waals surface area contributed by atoms with E-state index in [4.69, 9.17) is 5.73 Å². The number of rotatable bonds is 4. The molecule has 2 aromatic carbocycles. The Labute approximate surface area is 189 Å². The highest BCUT2D eigenvalue weighted by molar-refractivity contribution is 6.08. The molecule has 0 aliphatic heterocycles. The number of amides is 1. The van der Waals surface area contributed by atoms with Crippen molar-refractivity contribution in [1.29, 1.82) is 0 Å². The number of fused-ring (bicyclic) bond motifs is 2. The first-order valence-electron chi connectivity index (χ1n) is 10.6. The lowest BCUT2D eigenvalue weighted by molar-refractivity contribution is 0.0744. The maximum absolute atomic E-state index is 13.5. The van der Waals surface area contributed by atoms with Crippen molar-refractivity contribution in [3.05, 3.63) is 83.9 Å². The molecule has 5 aromatic rings. The summed E-state index contributed by atoms with van der Waals surface area (Å²) in [5.74, 6) is -0.180. The largest absolute Gasteiger partial charge is 0.366 e. The van der Waals surface area contributed by atoms with Crippen LogP contribution < -0.4 is 5.73 Å². The molecular weight excluding hydrogens is 419 g/mol. The Kier molecular flexibility index (Phi) is 4.85. The molecule has 8 heteroatoms. The molecule has 7 nitrogen and oxygen atoms in total. The fourth-order valence-electron chi connectivity index (χ4n) is 4.15. The molecule has 33 heavy (non-hydrogen) atoms. The van der Waals surface area contributed by atoms with Gasteiger partial charge in [-0.05, 0) is 60.0 Å². The van der Waals surface area contributed by atoms with Gasteiger partial charge in [0.05, 0.1) is 11.6 Å². The third kappa shape index (κ3) is 3.59. The average molecular weight is 442 g/mol. The van der Waals surface area contributed by atoms with Crippen LogP contribution >= 0.6 is 0 Å². The molecule has 0 spiro atoms. The molecule has 3 heterocycles. The lowest BCUT2D eigenvalue weighted by Gasteiger charge is -2.25. The van der Waals surface area contributed by atoms with Crippen LogP contribution in [0.4, 0.5) is 10.3 Å². The van der Waals surface area contributed by atoms with Gasteiger partial charge in [0.15, 0.2) is 5.65 Å². The molecule has 0 bridgehead atoms. The van der Waals surface area contributed by atoms with E-state index in [1.165, 1.54) is 12.1 Å². The number of nitrogens with zero attached hydrogens (tertiary/aromatic N) is 5. The van der Waals surface area contributed by atoms with Gasteiger partial charge in [-0.1, -0.05) is 18.2 Å². The number of aromatic nitrogens is 4. The van der Waals surface area contributed by atoms with E-state index in [1.807, 2.05) is 61.3 Å². The van der Waals surface area contributed by atoms with E-state index in [1.54, 1.807) is 28.6 Å². The van der Waals surface area contributed by atoms with Crippen molar-refractivity contribution >= 4 is 28.4 Å². The molecule has 0 radical (unpaired) electrons. The second-order valence-electron chi connectivity index (χ2n) is 8.22. The molecule has 0 aliphatic rings. The van der Waals surface area contributed by atoms with E-state index >= 15 is 0 Å². The fourth-order valence-corrected chi connectivity index (χ4v) is 4.15. The molecule has 0 fully saturated rings. The van der Waals surface area contributed by atoms with Gasteiger partial charge >= 0.3 is 0 Å². The third-order valence-corrected chi connectivity index (χ3v) is 6.16. The summed E-state index contributed by atoms with van der Waals surface area (Å²) >= 11 is 0. The Morgan fingerprint density at radius 3 is 2.58 bits per heavy atom. The van der Waals surface area contributed by atoms with Crippen molar-refractivity contribution in [2.24, 2.45) is 7.05 Å². The van der Waals surface area contributed by atoms with Gasteiger partial charge in [0.25, 0.3) is 5.91 Å². The first kappa shape index (κ1) is 20.7.